The molecule has 1 atom stereocenters. The Hall–Kier alpha value is -0.500. The van der Waals surface area contributed by atoms with Gasteiger partial charge >= 0.3 is 0 Å². The van der Waals surface area contributed by atoms with Gasteiger partial charge in [-0.15, -0.1) is 11.3 Å². The summed E-state index contributed by atoms with van der Waals surface area (Å²) in [6.45, 7) is 5.30. The third kappa shape index (κ3) is 3.47. The highest BCUT2D eigenvalue weighted by atomic mass is 32.2. The molecule has 1 aliphatic heterocycles. The first-order valence-electron chi connectivity index (χ1n) is 7.53. The van der Waals surface area contributed by atoms with Crippen LogP contribution < -0.4 is 0 Å². The van der Waals surface area contributed by atoms with Gasteiger partial charge in [0.1, 0.15) is 0 Å². The summed E-state index contributed by atoms with van der Waals surface area (Å²) in [6, 6.07) is 0. The van der Waals surface area contributed by atoms with Crippen LogP contribution in [0.15, 0.2) is 5.51 Å². The summed E-state index contributed by atoms with van der Waals surface area (Å²) < 4.78 is 26.2. The van der Waals surface area contributed by atoms with Crippen LogP contribution >= 0.6 is 11.3 Å². The minimum atomic E-state index is -2.98. The van der Waals surface area contributed by atoms with E-state index in [0.717, 1.165) is 38.0 Å². The molecular formula is C14H23N3O2S2. The number of hydrogen-bond donors (Lipinski definition) is 0. The number of hydrogen-bond acceptors (Lipinski definition) is 5. The summed E-state index contributed by atoms with van der Waals surface area (Å²) >= 11 is 1.69. The first-order valence-corrected chi connectivity index (χ1v) is 9.91. The first-order chi connectivity index (χ1) is 9.96. The molecule has 0 N–H and O–H groups in total. The molecule has 2 heterocycles. The van der Waals surface area contributed by atoms with E-state index >= 15 is 0 Å². The normalized spacial score (nSPS) is 24.0. The average Bonchev–Trinajstić information content (AvgIpc) is 3.07. The fourth-order valence-electron chi connectivity index (χ4n) is 2.98. The molecule has 1 saturated carbocycles. The lowest BCUT2D eigenvalue weighted by atomic mass is 10.1. The number of sulfonamides is 1. The molecule has 21 heavy (non-hydrogen) atoms. The Morgan fingerprint density at radius 3 is 2.81 bits per heavy atom. The van der Waals surface area contributed by atoms with Crippen molar-refractivity contribution < 1.29 is 8.42 Å². The van der Waals surface area contributed by atoms with Crippen molar-refractivity contribution in [2.24, 2.45) is 5.92 Å². The zero-order valence-electron chi connectivity index (χ0n) is 12.7. The smallest absolute Gasteiger partial charge is 0.216 e. The predicted molar refractivity (Wildman–Crippen MR) is 84.8 cm³/mol. The summed E-state index contributed by atoms with van der Waals surface area (Å²) in [6.07, 6.45) is 2.69. The maximum absolute atomic E-state index is 12.2. The Bertz CT molecular complexity index is 595. The minimum Gasteiger partial charge on any atom is -0.301 e. The molecule has 5 nitrogen and oxygen atoms in total. The van der Waals surface area contributed by atoms with Crippen LogP contribution in [-0.4, -0.2) is 54.5 Å². The van der Waals surface area contributed by atoms with E-state index in [-0.39, 0.29) is 5.25 Å². The van der Waals surface area contributed by atoms with Crippen molar-refractivity contribution in [3.05, 3.63) is 16.1 Å². The zero-order chi connectivity index (χ0) is 15.0. The molecule has 1 aromatic heterocycles. The molecule has 2 aliphatic rings. The Kier molecular flexibility index (Phi) is 4.36. The number of aryl methyl sites for hydroxylation is 1. The van der Waals surface area contributed by atoms with Gasteiger partial charge in [-0.1, -0.05) is 0 Å². The van der Waals surface area contributed by atoms with Crippen molar-refractivity contribution in [3.8, 4) is 0 Å². The average molecular weight is 329 g/mol. The zero-order valence-corrected chi connectivity index (χ0v) is 14.3. The van der Waals surface area contributed by atoms with Crippen molar-refractivity contribution in [2.45, 2.75) is 38.0 Å². The van der Waals surface area contributed by atoms with E-state index in [4.69, 9.17) is 0 Å². The summed E-state index contributed by atoms with van der Waals surface area (Å²) in [5.74, 6) is 0.455. The summed E-state index contributed by atoms with van der Waals surface area (Å²) in [7, 11) is -0.876. The topological polar surface area (TPSA) is 53.5 Å². The summed E-state index contributed by atoms with van der Waals surface area (Å²) in [5, 5.41) is -0.0752. The van der Waals surface area contributed by atoms with Crippen LogP contribution in [0.5, 0.6) is 0 Å². The summed E-state index contributed by atoms with van der Waals surface area (Å²) in [4.78, 5) is 7.87. The highest BCUT2D eigenvalue weighted by Gasteiger charge is 2.42. The second-order valence-corrected chi connectivity index (χ2v) is 9.47. The van der Waals surface area contributed by atoms with Crippen molar-refractivity contribution in [3.63, 3.8) is 0 Å². The van der Waals surface area contributed by atoms with Gasteiger partial charge in [-0.3, -0.25) is 0 Å². The molecule has 0 spiro atoms. The second-order valence-electron chi connectivity index (χ2n) is 6.31. The summed E-state index contributed by atoms with van der Waals surface area (Å²) in [5.41, 5.74) is 2.99. The van der Waals surface area contributed by atoms with Gasteiger partial charge < -0.3 is 4.90 Å². The van der Waals surface area contributed by atoms with Gasteiger partial charge in [0, 0.05) is 31.1 Å². The van der Waals surface area contributed by atoms with Gasteiger partial charge in [-0.25, -0.2) is 17.7 Å². The lowest BCUT2D eigenvalue weighted by Gasteiger charge is -2.21. The van der Waals surface area contributed by atoms with Crippen LogP contribution in [0.4, 0.5) is 0 Å². The fraction of sp³-hybridized carbons (Fsp3) is 0.786. The Labute approximate surface area is 131 Å². The molecule has 0 unspecified atom stereocenters. The van der Waals surface area contributed by atoms with E-state index in [1.54, 1.807) is 15.6 Å². The largest absolute Gasteiger partial charge is 0.301 e. The SMILES string of the molecule is Cc1ncsc1CN(C)C[C@@H]1CCN(S(=O)(=O)C2CC2)C1. The van der Waals surface area contributed by atoms with E-state index in [1.807, 2.05) is 12.4 Å². The van der Waals surface area contributed by atoms with Crippen molar-refractivity contribution in [2.75, 3.05) is 26.7 Å². The lowest BCUT2D eigenvalue weighted by Crippen LogP contribution is -2.33. The van der Waals surface area contributed by atoms with E-state index in [0.29, 0.717) is 19.0 Å². The molecule has 118 valence electrons. The molecule has 1 aromatic rings. The monoisotopic (exact) mass is 329 g/mol. The van der Waals surface area contributed by atoms with Gasteiger partial charge in [-0.05, 0) is 39.2 Å². The standard InChI is InChI=1S/C14H23N3O2S2/c1-11-14(20-10-15-11)9-16(2)7-12-5-6-17(8-12)21(18,19)13-3-4-13/h10,12-13H,3-9H2,1-2H3/t12-/m0/s1. The molecule has 1 saturated heterocycles. The molecule has 0 bridgehead atoms. The van der Waals surface area contributed by atoms with Crippen LogP contribution in [-0.2, 0) is 16.6 Å². The van der Waals surface area contributed by atoms with E-state index in [2.05, 4.69) is 16.9 Å². The van der Waals surface area contributed by atoms with Crippen LogP contribution in [0, 0.1) is 12.8 Å². The predicted octanol–water partition coefficient (Wildman–Crippen LogP) is 1.70. The van der Waals surface area contributed by atoms with Crippen molar-refractivity contribution in [1.29, 1.82) is 0 Å². The number of aromatic nitrogens is 1. The fourth-order valence-corrected chi connectivity index (χ4v) is 5.77. The Morgan fingerprint density at radius 1 is 1.43 bits per heavy atom. The van der Waals surface area contributed by atoms with E-state index < -0.39 is 10.0 Å². The van der Waals surface area contributed by atoms with Gasteiger partial charge in [0.05, 0.1) is 16.5 Å². The van der Waals surface area contributed by atoms with Crippen LogP contribution in [0.1, 0.15) is 29.8 Å². The maximum atomic E-state index is 12.2. The van der Waals surface area contributed by atoms with Gasteiger partial charge in [0.25, 0.3) is 0 Å². The highest BCUT2D eigenvalue weighted by Crippen LogP contribution is 2.33. The number of nitrogens with zero attached hydrogens (tertiary/aromatic N) is 3. The molecule has 2 fully saturated rings. The molecule has 0 amide bonds. The lowest BCUT2D eigenvalue weighted by molar-refractivity contribution is 0.275. The van der Waals surface area contributed by atoms with Crippen LogP contribution in [0.25, 0.3) is 0 Å². The van der Waals surface area contributed by atoms with Gasteiger partial charge in [0.2, 0.25) is 10.0 Å². The van der Waals surface area contributed by atoms with Gasteiger partial charge in [0.15, 0.2) is 0 Å². The third-order valence-corrected chi connectivity index (χ3v) is 7.67. The van der Waals surface area contributed by atoms with Crippen molar-refractivity contribution >= 4 is 21.4 Å². The Morgan fingerprint density at radius 2 is 2.19 bits per heavy atom. The van der Waals surface area contributed by atoms with Gasteiger partial charge in [-0.2, -0.15) is 0 Å². The minimum absolute atomic E-state index is 0.0752. The van der Waals surface area contributed by atoms with Crippen LogP contribution in [0.3, 0.4) is 0 Å². The Balaban J connectivity index is 1.51. The molecule has 1 aliphatic carbocycles. The maximum Gasteiger partial charge on any atom is 0.216 e. The van der Waals surface area contributed by atoms with Crippen molar-refractivity contribution in [1.82, 2.24) is 14.2 Å². The van der Waals surface area contributed by atoms with E-state index in [9.17, 15) is 8.42 Å². The molecular weight excluding hydrogens is 306 g/mol. The quantitative estimate of drug-likeness (QED) is 0.797. The molecule has 0 aromatic carbocycles. The first kappa shape index (κ1) is 15.4. The van der Waals surface area contributed by atoms with E-state index in [1.165, 1.54) is 4.88 Å². The van der Waals surface area contributed by atoms with Crippen LogP contribution in [0.2, 0.25) is 0 Å². The molecule has 7 heteroatoms. The molecule has 0 radical (unpaired) electrons. The molecule has 3 rings (SSSR count). The number of rotatable bonds is 6. The third-order valence-electron chi connectivity index (χ3n) is 4.38. The number of thiazole rings is 1. The highest BCUT2D eigenvalue weighted by molar-refractivity contribution is 7.90. The second kappa shape index (κ2) is 5.95.